The molecular weight excluding hydrogens is 464 g/mol. The summed E-state index contributed by atoms with van der Waals surface area (Å²) in [6.07, 6.45) is 1.49. The fourth-order valence-electron chi connectivity index (χ4n) is 3.39. The van der Waals surface area contributed by atoms with Crippen molar-refractivity contribution < 1.29 is 27.9 Å². The molecule has 11 heteroatoms. The number of aryl methyl sites for hydroxylation is 1. The lowest BCUT2D eigenvalue weighted by molar-refractivity contribution is -0.153. The number of amides is 1. The minimum Gasteiger partial charge on any atom is -0.482 e. The topological polar surface area (TPSA) is 122 Å². The van der Waals surface area contributed by atoms with Crippen LogP contribution in [0.4, 0.5) is 5.88 Å². The van der Waals surface area contributed by atoms with Crippen molar-refractivity contribution in [1.82, 2.24) is 9.88 Å². The zero-order chi connectivity index (χ0) is 24.1. The van der Waals surface area contributed by atoms with Crippen LogP contribution < -0.4 is 9.64 Å². The number of nitriles is 1. The van der Waals surface area contributed by atoms with Crippen LogP contribution in [-0.4, -0.2) is 61.2 Å². The normalized spacial score (nSPS) is 13.4. The minimum atomic E-state index is -0.648. The van der Waals surface area contributed by atoms with Crippen molar-refractivity contribution in [2.24, 2.45) is 0 Å². The molecule has 0 atom stereocenters. The Labute approximate surface area is 200 Å². The van der Waals surface area contributed by atoms with Gasteiger partial charge in [-0.2, -0.15) is 10.2 Å². The van der Waals surface area contributed by atoms with Gasteiger partial charge in [0.05, 0.1) is 6.26 Å². The lowest BCUT2D eigenvalue weighted by Gasteiger charge is -2.34. The molecule has 1 aliphatic rings. The van der Waals surface area contributed by atoms with E-state index in [1.54, 1.807) is 35.2 Å². The zero-order valence-electron chi connectivity index (χ0n) is 18.3. The van der Waals surface area contributed by atoms with Gasteiger partial charge in [-0.05, 0) is 42.8 Å². The summed E-state index contributed by atoms with van der Waals surface area (Å²) in [4.78, 5) is 32.0. The standard InChI is InChI=1S/C23H21ClN4O6/c1-15-11-16(4-5-17(15)24)32-14-21(30)33-13-20(29)27-6-8-28(9-7-27)23-18(12-25)26-22(34-23)19-3-2-10-31-19/h2-5,10-11H,6-9,13-14H2,1H3. The van der Waals surface area contributed by atoms with Crippen molar-refractivity contribution >= 4 is 29.4 Å². The summed E-state index contributed by atoms with van der Waals surface area (Å²) in [5.74, 6) is 0.504. The summed E-state index contributed by atoms with van der Waals surface area (Å²) in [5, 5.41) is 10.0. The van der Waals surface area contributed by atoms with Crippen molar-refractivity contribution in [3.8, 4) is 23.5 Å². The number of hydrogen-bond acceptors (Lipinski definition) is 9. The van der Waals surface area contributed by atoms with E-state index in [1.165, 1.54) is 6.26 Å². The number of carbonyl (C=O) groups excluding carboxylic acids is 2. The highest BCUT2D eigenvalue weighted by atomic mass is 35.5. The Morgan fingerprint density at radius 1 is 1.21 bits per heavy atom. The molecule has 1 aliphatic heterocycles. The molecule has 4 rings (SSSR count). The van der Waals surface area contributed by atoms with Gasteiger partial charge < -0.3 is 28.1 Å². The lowest BCUT2D eigenvalue weighted by Crippen LogP contribution is -2.50. The summed E-state index contributed by atoms with van der Waals surface area (Å²) in [6.45, 7) is 2.74. The van der Waals surface area contributed by atoms with E-state index in [0.29, 0.717) is 48.6 Å². The number of oxazole rings is 1. The van der Waals surface area contributed by atoms with Crippen LogP contribution in [0.15, 0.2) is 45.4 Å². The third-order valence-electron chi connectivity index (χ3n) is 5.21. The van der Waals surface area contributed by atoms with Gasteiger partial charge in [0.25, 0.3) is 11.8 Å². The van der Waals surface area contributed by atoms with E-state index in [1.807, 2.05) is 17.9 Å². The molecule has 1 aromatic carbocycles. The average molecular weight is 485 g/mol. The van der Waals surface area contributed by atoms with Gasteiger partial charge in [0, 0.05) is 31.2 Å². The third kappa shape index (κ3) is 5.32. The molecule has 3 heterocycles. The first-order chi connectivity index (χ1) is 16.4. The van der Waals surface area contributed by atoms with E-state index in [-0.39, 0.29) is 30.7 Å². The predicted octanol–water partition coefficient (Wildman–Crippen LogP) is 3.04. The van der Waals surface area contributed by atoms with Gasteiger partial charge in [-0.15, -0.1) is 0 Å². The number of anilines is 1. The molecule has 10 nitrogen and oxygen atoms in total. The maximum absolute atomic E-state index is 12.5. The van der Waals surface area contributed by atoms with Crippen molar-refractivity contribution in [1.29, 1.82) is 5.26 Å². The molecule has 2 aromatic heterocycles. The maximum Gasteiger partial charge on any atom is 0.344 e. The fourth-order valence-corrected chi connectivity index (χ4v) is 3.51. The summed E-state index contributed by atoms with van der Waals surface area (Å²) in [5.41, 5.74) is 0.974. The fraction of sp³-hybridized carbons (Fsp3) is 0.304. The molecular formula is C23H21ClN4O6. The number of nitrogens with zero attached hydrogens (tertiary/aromatic N) is 4. The van der Waals surface area contributed by atoms with Gasteiger partial charge in [0.1, 0.15) is 11.8 Å². The number of carbonyl (C=O) groups is 2. The number of halogens is 1. The van der Waals surface area contributed by atoms with E-state index >= 15 is 0 Å². The highest BCUT2D eigenvalue weighted by Crippen LogP contribution is 2.29. The number of hydrogen-bond donors (Lipinski definition) is 0. The van der Waals surface area contributed by atoms with E-state index < -0.39 is 5.97 Å². The van der Waals surface area contributed by atoms with Crippen LogP contribution in [0, 0.1) is 18.3 Å². The summed E-state index contributed by atoms with van der Waals surface area (Å²) >= 11 is 5.96. The van der Waals surface area contributed by atoms with Crippen LogP contribution in [0.2, 0.25) is 5.02 Å². The van der Waals surface area contributed by atoms with Crippen molar-refractivity contribution in [3.05, 3.63) is 52.9 Å². The molecule has 0 N–H and O–H groups in total. The SMILES string of the molecule is Cc1cc(OCC(=O)OCC(=O)N2CCN(c3oc(-c4ccco4)nc3C#N)CC2)ccc1Cl. The summed E-state index contributed by atoms with van der Waals surface area (Å²) in [6, 6.07) is 10.5. The molecule has 0 aliphatic carbocycles. The van der Waals surface area contributed by atoms with E-state index in [4.69, 9.17) is 29.9 Å². The molecule has 0 saturated carbocycles. The Bertz CT molecular complexity index is 1210. The van der Waals surface area contributed by atoms with Gasteiger partial charge >= 0.3 is 5.97 Å². The molecule has 0 radical (unpaired) electrons. The van der Waals surface area contributed by atoms with Crippen LogP contribution in [0.25, 0.3) is 11.7 Å². The summed E-state index contributed by atoms with van der Waals surface area (Å²) < 4.78 is 21.4. The van der Waals surface area contributed by atoms with Gasteiger partial charge in [-0.25, -0.2) is 4.79 Å². The predicted molar refractivity (Wildman–Crippen MR) is 120 cm³/mol. The van der Waals surface area contributed by atoms with E-state index in [9.17, 15) is 14.9 Å². The number of piperazine rings is 1. The van der Waals surface area contributed by atoms with Gasteiger partial charge in [0.2, 0.25) is 11.6 Å². The second-order valence-electron chi connectivity index (χ2n) is 7.49. The Kier molecular flexibility index (Phi) is 7.04. The van der Waals surface area contributed by atoms with Crippen LogP contribution in [0.3, 0.4) is 0 Å². The largest absolute Gasteiger partial charge is 0.482 e. The van der Waals surface area contributed by atoms with Gasteiger partial charge in [-0.3, -0.25) is 4.79 Å². The van der Waals surface area contributed by atoms with Crippen LogP contribution in [0.5, 0.6) is 5.75 Å². The average Bonchev–Trinajstić information content (AvgIpc) is 3.53. The van der Waals surface area contributed by atoms with E-state index in [2.05, 4.69) is 4.98 Å². The second kappa shape index (κ2) is 10.3. The first kappa shape index (κ1) is 23.2. The highest BCUT2D eigenvalue weighted by Gasteiger charge is 2.27. The first-order valence-electron chi connectivity index (χ1n) is 10.5. The van der Waals surface area contributed by atoms with Crippen LogP contribution in [-0.2, 0) is 14.3 Å². The molecule has 1 saturated heterocycles. The molecule has 0 unspecified atom stereocenters. The molecule has 1 amide bonds. The van der Waals surface area contributed by atoms with Crippen molar-refractivity contribution in [2.45, 2.75) is 6.92 Å². The smallest absolute Gasteiger partial charge is 0.344 e. The van der Waals surface area contributed by atoms with E-state index in [0.717, 1.165) is 5.56 Å². The number of furan rings is 1. The molecule has 0 spiro atoms. The Morgan fingerprint density at radius 3 is 2.68 bits per heavy atom. The molecule has 34 heavy (non-hydrogen) atoms. The molecule has 0 bridgehead atoms. The van der Waals surface area contributed by atoms with Gasteiger partial charge in [0.15, 0.2) is 19.0 Å². The number of benzene rings is 1. The van der Waals surface area contributed by atoms with Gasteiger partial charge in [-0.1, -0.05) is 11.6 Å². The Morgan fingerprint density at radius 2 is 2.00 bits per heavy atom. The molecule has 176 valence electrons. The minimum absolute atomic E-state index is 0.149. The monoisotopic (exact) mass is 484 g/mol. The highest BCUT2D eigenvalue weighted by molar-refractivity contribution is 6.31. The van der Waals surface area contributed by atoms with Crippen LogP contribution in [0.1, 0.15) is 11.3 Å². The number of aromatic nitrogens is 1. The molecule has 1 fully saturated rings. The van der Waals surface area contributed by atoms with Crippen molar-refractivity contribution in [3.63, 3.8) is 0 Å². The third-order valence-corrected chi connectivity index (χ3v) is 5.63. The number of esters is 1. The first-order valence-corrected chi connectivity index (χ1v) is 10.8. The Balaban J connectivity index is 1.24. The lowest BCUT2D eigenvalue weighted by atomic mass is 10.2. The quantitative estimate of drug-likeness (QED) is 0.465. The number of rotatable bonds is 7. The van der Waals surface area contributed by atoms with Crippen molar-refractivity contribution in [2.75, 3.05) is 44.3 Å². The number of ether oxygens (including phenoxy) is 2. The summed E-state index contributed by atoms with van der Waals surface area (Å²) in [7, 11) is 0. The van der Waals surface area contributed by atoms with Crippen LogP contribution >= 0.6 is 11.6 Å². The Hall–Kier alpha value is -3.97. The zero-order valence-corrected chi connectivity index (χ0v) is 19.1. The molecule has 3 aromatic rings. The second-order valence-corrected chi connectivity index (χ2v) is 7.90. The maximum atomic E-state index is 12.5.